The third-order valence-corrected chi connectivity index (χ3v) is 5.59. The largest absolute Gasteiger partial charge is 0.352 e. The molecule has 1 atom stereocenters. The maximum absolute atomic E-state index is 12.9. The highest BCUT2D eigenvalue weighted by Gasteiger charge is 2.17. The Bertz CT molecular complexity index is 1360. The second-order valence-electron chi connectivity index (χ2n) is 8.11. The average Bonchev–Trinajstić information content (AvgIpc) is 2.84. The number of pyridine rings is 1. The minimum Gasteiger partial charge on any atom is -0.352 e. The van der Waals surface area contributed by atoms with Crippen LogP contribution in [0.4, 0.5) is 0 Å². The Hall–Kier alpha value is -4.00. The maximum atomic E-state index is 12.9. The van der Waals surface area contributed by atoms with E-state index in [1.165, 1.54) is 14.7 Å². The van der Waals surface area contributed by atoms with Gasteiger partial charge in [-0.2, -0.15) is 0 Å². The molecule has 0 unspecified atom stereocenters. The zero-order chi connectivity index (χ0) is 23.2. The van der Waals surface area contributed by atoms with Gasteiger partial charge in [0.25, 0.3) is 0 Å². The molecule has 1 N–H and O–H groups in total. The van der Waals surface area contributed by atoms with Crippen molar-refractivity contribution in [3.8, 4) is 0 Å². The van der Waals surface area contributed by atoms with Crippen LogP contribution in [0.15, 0.2) is 88.6 Å². The summed E-state index contributed by atoms with van der Waals surface area (Å²) >= 11 is 0. The number of nitrogens with zero attached hydrogens (tertiary/aromatic N) is 3. The van der Waals surface area contributed by atoms with E-state index >= 15 is 0 Å². The Morgan fingerprint density at radius 1 is 0.879 bits per heavy atom. The SMILES string of the molecule is C[C@@H](CCc1ccccc1)NC(=O)Cn1c(=O)c(=O)n(Cc2ccccc2)c2ncccc21. The van der Waals surface area contributed by atoms with E-state index in [4.69, 9.17) is 0 Å². The van der Waals surface area contributed by atoms with Crippen molar-refractivity contribution in [2.75, 3.05) is 0 Å². The summed E-state index contributed by atoms with van der Waals surface area (Å²) in [6, 6.07) is 22.8. The molecule has 2 aromatic carbocycles. The highest BCUT2D eigenvalue weighted by Crippen LogP contribution is 2.10. The number of benzene rings is 2. The van der Waals surface area contributed by atoms with E-state index in [0.717, 1.165) is 18.4 Å². The highest BCUT2D eigenvalue weighted by molar-refractivity contribution is 5.79. The number of hydrogen-bond donors (Lipinski definition) is 1. The summed E-state index contributed by atoms with van der Waals surface area (Å²) in [7, 11) is 0. The van der Waals surface area contributed by atoms with Crippen molar-refractivity contribution in [3.05, 3.63) is 111 Å². The topological polar surface area (TPSA) is 86.0 Å². The fraction of sp³-hybridized carbons (Fsp3) is 0.231. The lowest BCUT2D eigenvalue weighted by Crippen LogP contribution is -2.45. The molecule has 0 spiro atoms. The summed E-state index contributed by atoms with van der Waals surface area (Å²) in [5.41, 5.74) is 1.47. The lowest BCUT2D eigenvalue weighted by atomic mass is 10.1. The van der Waals surface area contributed by atoms with Crippen LogP contribution in [0.25, 0.3) is 11.2 Å². The standard InChI is InChI=1S/C26H26N4O3/c1-19(14-15-20-9-4-2-5-10-20)28-23(31)18-29-22-13-8-16-27-24(22)30(26(33)25(29)32)17-21-11-6-3-7-12-21/h2-13,16,19H,14-15,17-18H2,1H3,(H,28,31)/t19-/m0/s1. The Balaban J connectivity index is 1.55. The van der Waals surface area contributed by atoms with Gasteiger partial charge < -0.3 is 5.32 Å². The number of carbonyl (C=O) groups is 1. The van der Waals surface area contributed by atoms with E-state index in [9.17, 15) is 14.4 Å². The van der Waals surface area contributed by atoms with Gasteiger partial charge in [-0.1, -0.05) is 60.7 Å². The fourth-order valence-electron chi connectivity index (χ4n) is 3.88. The molecule has 0 aliphatic heterocycles. The van der Waals surface area contributed by atoms with E-state index in [-0.39, 0.29) is 25.0 Å². The van der Waals surface area contributed by atoms with Gasteiger partial charge in [0, 0.05) is 12.2 Å². The van der Waals surface area contributed by atoms with Crippen LogP contribution in [0, 0.1) is 0 Å². The van der Waals surface area contributed by atoms with Crippen molar-refractivity contribution in [3.63, 3.8) is 0 Å². The van der Waals surface area contributed by atoms with Crippen LogP contribution in [0.3, 0.4) is 0 Å². The van der Waals surface area contributed by atoms with Crippen LogP contribution in [-0.2, 0) is 24.3 Å². The normalized spacial score (nSPS) is 11.9. The average molecular weight is 443 g/mol. The molecule has 168 valence electrons. The predicted molar refractivity (Wildman–Crippen MR) is 128 cm³/mol. The van der Waals surface area contributed by atoms with Crippen molar-refractivity contribution in [1.82, 2.24) is 19.4 Å². The molecule has 2 aromatic heterocycles. The second kappa shape index (κ2) is 10.1. The molecule has 0 radical (unpaired) electrons. The zero-order valence-electron chi connectivity index (χ0n) is 18.5. The van der Waals surface area contributed by atoms with Crippen LogP contribution in [-0.4, -0.2) is 26.1 Å². The molecule has 7 nitrogen and oxygen atoms in total. The molecular weight excluding hydrogens is 416 g/mol. The van der Waals surface area contributed by atoms with E-state index < -0.39 is 11.1 Å². The smallest absolute Gasteiger partial charge is 0.318 e. The summed E-state index contributed by atoms with van der Waals surface area (Å²) in [6.45, 7) is 1.92. The Morgan fingerprint density at radius 3 is 2.21 bits per heavy atom. The minimum atomic E-state index is -0.737. The number of aromatic nitrogens is 3. The second-order valence-corrected chi connectivity index (χ2v) is 8.11. The number of aryl methyl sites for hydroxylation is 1. The van der Waals surface area contributed by atoms with Crippen molar-refractivity contribution < 1.29 is 4.79 Å². The number of fused-ring (bicyclic) bond motifs is 1. The maximum Gasteiger partial charge on any atom is 0.318 e. The summed E-state index contributed by atoms with van der Waals surface area (Å²) in [5.74, 6) is -0.317. The molecule has 0 saturated carbocycles. The van der Waals surface area contributed by atoms with Gasteiger partial charge in [0.15, 0.2) is 5.65 Å². The third kappa shape index (κ3) is 5.26. The van der Waals surface area contributed by atoms with Gasteiger partial charge in [0.2, 0.25) is 5.91 Å². The highest BCUT2D eigenvalue weighted by atomic mass is 16.2. The Kier molecular flexibility index (Phi) is 6.78. The van der Waals surface area contributed by atoms with Crippen LogP contribution < -0.4 is 16.4 Å². The molecule has 0 saturated heterocycles. The summed E-state index contributed by atoms with van der Waals surface area (Å²) in [5, 5.41) is 2.94. The fourth-order valence-corrected chi connectivity index (χ4v) is 3.88. The molecule has 0 aliphatic carbocycles. The lowest BCUT2D eigenvalue weighted by molar-refractivity contribution is -0.122. The molecule has 1 amide bonds. The van der Waals surface area contributed by atoms with Crippen LogP contribution in [0.5, 0.6) is 0 Å². The van der Waals surface area contributed by atoms with Crippen LogP contribution in [0.1, 0.15) is 24.5 Å². The third-order valence-electron chi connectivity index (χ3n) is 5.59. The van der Waals surface area contributed by atoms with Gasteiger partial charge in [-0.05, 0) is 43.0 Å². The molecule has 0 bridgehead atoms. The van der Waals surface area contributed by atoms with Crippen molar-refractivity contribution in [2.45, 2.75) is 38.9 Å². The van der Waals surface area contributed by atoms with Crippen molar-refractivity contribution in [1.29, 1.82) is 0 Å². The van der Waals surface area contributed by atoms with Gasteiger partial charge in [-0.15, -0.1) is 0 Å². The summed E-state index contributed by atoms with van der Waals surface area (Å²) in [4.78, 5) is 42.9. The molecule has 0 aliphatic rings. The number of rotatable bonds is 8. The molecule has 4 rings (SSSR count). The molecule has 33 heavy (non-hydrogen) atoms. The van der Waals surface area contributed by atoms with Gasteiger partial charge in [-0.3, -0.25) is 23.5 Å². The van der Waals surface area contributed by atoms with E-state index in [2.05, 4.69) is 22.4 Å². The van der Waals surface area contributed by atoms with Gasteiger partial charge >= 0.3 is 11.1 Å². The Labute approximate surface area is 191 Å². The molecular formula is C26H26N4O3. The zero-order valence-corrected chi connectivity index (χ0v) is 18.5. The summed E-state index contributed by atoms with van der Waals surface area (Å²) < 4.78 is 2.58. The van der Waals surface area contributed by atoms with Gasteiger partial charge in [0.05, 0.1) is 12.1 Å². The van der Waals surface area contributed by atoms with E-state index in [0.29, 0.717) is 11.2 Å². The summed E-state index contributed by atoms with van der Waals surface area (Å²) in [6.07, 6.45) is 3.18. The first-order chi connectivity index (χ1) is 16.0. The first-order valence-electron chi connectivity index (χ1n) is 11.0. The first-order valence-corrected chi connectivity index (χ1v) is 11.0. The van der Waals surface area contributed by atoms with Crippen molar-refractivity contribution in [2.24, 2.45) is 0 Å². The number of hydrogen-bond acceptors (Lipinski definition) is 4. The minimum absolute atomic E-state index is 0.0729. The predicted octanol–water partition coefficient (Wildman–Crippen LogP) is 2.74. The first kappa shape index (κ1) is 22.2. The van der Waals surface area contributed by atoms with Crippen molar-refractivity contribution >= 4 is 17.1 Å². The monoisotopic (exact) mass is 442 g/mol. The quantitative estimate of drug-likeness (QED) is 0.425. The van der Waals surface area contributed by atoms with E-state index in [1.807, 2.05) is 55.5 Å². The number of amides is 1. The number of nitrogens with one attached hydrogen (secondary N) is 1. The van der Waals surface area contributed by atoms with Gasteiger partial charge in [-0.25, -0.2) is 4.98 Å². The lowest BCUT2D eigenvalue weighted by Gasteiger charge is -2.17. The van der Waals surface area contributed by atoms with E-state index in [1.54, 1.807) is 18.3 Å². The van der Waals surface area contributed by atoms with Crippen LogP contribution >= 0.6 is 0 Å². The molecule has 7 heteroatoms. The van der Waals surface area contributed by atoms with Crippen LogP contribution in [0.2, 0.25) is 0 Å². The number of carbonyl (C=O) groups excluding carboxylic acids is 1. The molecule has 4 aromatic rings. The van der Waals surface area contributed by atoms with Gasteiger partial charge in [0.1, 0.15) is 6.54 Å². The molecule has 0 fully saturated rings. The molecule has 2 heterocycles. The Morgan fingerprint density at radius 2 is 1.52 bits per heavy atom.